The molecule has 1 aliphatic rings. The maximum absolute atomic E-state index is 13.0. The first-order chi connectivity index (χ1) is 17.3. The van der Waals surface area contributed by atoms with E-state index in [1.54, 1.807) is 47.8 Å². The fourth-order valence-corrected chi connectivity index (χ4v) is 5.57. The highest BCUT2D eigenvalue weighted by Gasteiger charge is 2.28. The minimum absolute atomic E-state index is 0.241. The monoisotopic (exact) mass is 509 g/mol. The third-order valence-electron chi connectivity index (χ3n) is 6.24. The van der Waals surface area contributed by atoms with Crippen LogP contribution in [0.2, 0.25) is 0 Å². The Balaban J connectivity index is 1.37. The van der Waals surface area contributed by atoms with Gasteiger partial charge in [-0.25, -0.2) is 8.42 Å². The maximum Gasteiger partial charge on any atom is 0.255 e. The van der Waals surface area contributed by atoms with Gasteiger partial charge in [0.05, 0.1) is 24.8 Å². The molecule has 0 aliphatic carbocycles. The number of carbonyl (C=O) groups is 1. The van der Waals surface area contributed by atoms with Gasteiger partial charge in [0.1, 0.15) is 11.5 Å². The predicted octanol–water partition coefficient (Wildman–Crippen LogP) is 3.77. The van der Waals surface area contributed by atoms with Crippen LogP contribution in [0.1, 0.15) is 21.5 Å². The molecule has 8 nitrogen and oxygen atoms in total. The second-order valence-electron chi connectivity index (χ2n) is 8.71. The number of carbonyl (C=O) groups excluding carboxylic acids is 1. The predicted molar refractivity (Wildman–Crippen MR) is 139 cm³/mol. The third kappa shape index (κ3) is 5.87. The first-order valence-corrected chi connectivity index (χ1v) is 13.2. The van der Waals surface area contributed by atoms with Crippen LogP contribution in [0.4, 0.5) is 5.69 Å². The molecule has 0 bridgehead atoms. The minimum Gasteiger partial charge on any atom is -0.497 e. The number of nitrogens with zero attached hydrogens (tertiary/aromatic N) is 2. The van der Waals surface area contributed by atoms with Crippen LogP contribution in [0.5, 0.6) is 11.5 Å². The van der Waals surface area contributed by atoms with Crippen molar-refractivity contribution < 1.29 is 22.7 Å². The zero-order chi connectivity index (χ0) is 25.7. The minimum atomic E-state index is -3.50. The Morgan fingerprint density at radius 2 is 1.64 bits per heavy atom. The fourth-order valence-electron chi connectivity index (χ4n) is 4.15. The van der Waals surface area contributed by atoms with E-state index in [2.05, 4.69) is 10.2 Å². The average molecular weight is 510 g/mol. The van der Waals surface area contributed by atoms with Gasteiger partial charge >= 0.3 is 0 Å². The van der Waals surface area contributed by atoms with E-state index in [1.165, 1.54) is 7.11 Å². The Hall–Kier alpha value is -3.40. The second kappa shape index (κ2) is 11.1. The molecule has 9 heteroatoms. The Morgan fingerprint density at radius 1 is 0.917 bits per heavy atom. The van der Waals surface area contributed by atoms with E-state index in [1.807, 2.05) is 37.3 Å². The number of hydrogen-bond acceptors (Lipinski definition) is 6. The van der Waals surface area contributed by atoms with Gasteiger partial charge in [-0.1, -0.05) is 29.8 Å². The van der Waals surface area contributed by atoms with Crippen molar-refractivity contribution in [1.82, 2.24) is 9.21 Å². The number of benzene rings is 3. The quantitative estimate of drug-likeness (QED) is 0.497. The van der Waals surface area contributed by atoms with Gasteiger partial charge in [0.15, 0.2) is 0 Å². The number of nitrogens with one attached hydrogen (secondary N) is 1. The molecule has 190 valence electrons. The highest BCUT2D eigenvalue weighted by atomic mass is 32.2. The Kier molecular flexibility index (Phi) is 7.93. The van der Waals surface area contributed by atoms with Crippen molar-refractivity contribution in [3.63, 3.8) is 0 Å². The molecule has 1 saturated heterocycles. The average Bonchev–Trinajstić information content (AvgIpc) is 2.89. The van der Waals surface area contributed by atoms with Crippen molar-refractivity contribution in [3.05, 3.63) is 83.4 Å². The molecule has 0 radical (unpaired) electrons. The maximum atomic E-state index is 13.0. The lowest BCUT2D eigenvalue weighted by molar-refractivity contribution is 0.102. The van der Waals surface area contributed by atoms with Gasteiger partial charge in [0.25, 0.3) is 5.91 Å². The summed E-state index contributed by atoms with van der Waals surface area (Å²) in [6.07, 6.45) is 0. The van der Waals surface area contributed by atoms with Crippen LogP contribution in [-0.2, 0) is 16.6 Å². The van der Waals surface area contributed by atoms with Crippen LogP contribution in [0.25, 0.3) is 0 Å². The van der Waals surface area contributed by atoms with E-state index in [0.29, 0.717) is 60.4 Å². The van der Waals surface area contributed by atoms with E-state index < -0.39 is 10.0 Å². The summed E-state index contributed by atoms with van der Waals surface area (Å²) in [4.78, 5) is 15.4. The molecule has 0 unspecified atom stereocenters. The van der Waals surface area contributed by atoms with Gasteiger partial charge in [0, 0.05) is 44.4 Å². The van der Waals surface area contributed by atoms with E-state index in [9.17, 15) is 13.2 Å². The van der Waals surface area contributed by atoms with E-state index in [0.717, 1.165) is 11.1 Å². The third-order valence-corrected chi connectivity index (χ3v) is 8.16. The Morgan fingerprint density at radius 3 is 2.31 bits per heavy atom. The molecule has 3 aromatic carbocycles. The molecular formula is C27H31N3O5S. The van der Waals surface area contributed by atoms with Gasteiger partial charge in [-0.05, 0) is 48.9 Å². The summed E-state index contributed by atoms with van der Waals surface area (Å²) in [7, 11) is -0.388. The van der Waals surface area contributed by atoms with E-state index >= 15 is 0 Å². The zero-order valence-electron chi connectivity index (χ0n) is 20.7. The van der Waals surface area contributed by atoms with Crippen molar-refractivity contribution in [2.75, 3.05) is 45.7 Å². The lowest BCUT2D eigenvalue weighted by Gasteiger charge is -2.34. The van der Waals surface area contributed by atoms with Crippen LogP contribution in [0.15, 0.2) is 71.6 Å². The smallest absolute Gasteiger partial charge is 0.255 e. The summed E-state index contributed by atoms with van der Waals surface area (Å²) < 4.78 is 38.0. The molecule has 4 rings (SSSR count). The molecule has 1 aliphatic heterocycles. The van der Waals surface area contributed by atoms with Gasteiger partial charge < -0.3 is 14.8 Å². The summed E-state index contributed by atoms with van der Waals surface area (Å²) in [6, 6.07) is 19.6. The molecule has 0 saturated carbocycles. The van der Waals surface area contributed by atoms with Gasteiger partial charge in [-0.15, -0.1) is 0 Å². The van der Waals surface area contributed by atoms with Crippen LogP contribution in [-0.4, -0.2) is 63.9 Å². The largest absolute Gasteiger partial charge is 0.497 e. The van der Waals surface area contributed by atoms with Gasteiger partial charge in [0.2, 0.25) is 10.0 Å². The highest BCUT2D eigenvalue weighted by molar-refractivity contribution is 7.89. The number of aryl methyl sites for hydroxylation is 1. The molecule has 1 heterocycles. The molecule has 1 N–H and O–H groups in total. The van der Waals surface area contributed by atoms with Gasteiger partial charge in [-0.2, -0.15) is 4.31 Å². The van der Waals surface area contributed by atoms with Crippen LogP contribution >= 0.6 is 0 Å². The van der Waals surface area contributed by atoms with Crippen LogP contribution < -0.4 is 14.8 Å². The second-order valence-corrected chi connectivity index (χ2v) is 10.7. The van der Waals surface area contributed by atoms with Crippen molar-refractivity contribution in [1.29, 1.82) is 0 Å². The molecule has 1 amide bonds. The molecule has 0 spiro atoms. The summed E-state index contributed by atoms with van der Waals surface area (Å²) in [6.45, 7) is 4.64. The Labute approximate surface area is 212 Å². The molecule has 1 fully saturated rings. The summed E-state index contributed by atoms with van der Waals surface area (Å²) in [5.74, 6) is 0.908. The molecule has 3 aromatic rings. The summed E-state index contributed by atoms with van der Waals surface area (Å²) in [5, 5.41) is 2.89. The lowest BCUT2D eigenvalue weighted by atomic mass is 10.1. The number of ether oxygens (including phenoxy) is 2. The fraction of sp³-hybridized carbons (Fsp3) is 0.296. The van der Waals surface area contributed by atoms with E-state index in [-0.39, 0.29) is 5.91 Å². The molecule has 36 heavy (non-hydrogen) atoms. The first kappa shape index (κ1) is 25.7. The van der Waals surface area contributed by atoms with Gasteiger partial charge in [-0.3, -0.25) is 9.69 Å². The number of hydrogen-bond donors (Lipinski definition) is 1. The number of methoxy groups -OCH3 is 2. The highest BCUT2D eigenvalue weighted by Crippen LogP contribution is 2.29. The normalized spacial score (nSPS) is 14.9. The number of rotatable bonds is 8. The van der Waals surface area contributed by atoms with Crippen LogP contribution in [0, 0.1) is 6.92 Å². The first-order valence-electron chi connectivity index (χ1n) is 11.7. The summed E-state index contributed by atoms with van der Waals surface area (Å²) in [5.41, 5.74) is 3.10. The van der Waals surface area contributed by atoms with Crippen molar-refractivity contribution in [2.24, 2.45) is 0 Å². The molecule has 0 atom stereocenters. The number of anilines is 1. The number of piperazine rings is 1. The number of amides is 1. The molecule has 0 aromatic heterocycles. The number of sulfonamides is 1. The molecular weight excluding hydrogens is 478 g/mol. The van der Waals surface area contributed by atoms with Crippen molar-refractivity contribution in [3.8, 4) is 11.5 Å². The van der Waals surface area contributed by atoms with Crippen molar-refractivity contribution in [2.45, 2.75) is 18.4 Å². The topological polar surface area (TPSA) is 88.2 Å². The SMILES string of the molecule is COc1ccc(NC(=O)c2cccc(CN3CCN(S(=O)(=O)c4ccc(C)cc4)CC3)c2)c(OC)c1. The standard InChI is InChI=1S/C27H31N3O5S/c1-20-7-10-24(11-8-20)36(32,33)30-15-13-29(14-16-30)19-21-5-4-6-22(17-21)27(31)28-25-12-9-23(34-2)18-26(25)35-3/h4-12,17-18H,13-16,19H2,1-3H3,(H,28,31). The Bertz CT molecular complexity index is 1320. The summed E-state index contributed by atoms with van der Waals surface area (Å²) >= 11 is 0. The van der Waals surface area contributed by atoms with Crippen molar-refractivity contribution >= 4 is 21.6 Å². The van der Waals surface area contributed by atoms with E-state index in [4.69, 9.17) is 9.47 Å². The lowest BCUT2D eigenvalue weighted by Crippen LogP contribution is -2.48. The zero-order valence-corrected chi connectivity index (χ0v) is 21.5. The van der Waals surface area contributed by atoms with Crippen LogP contribution in [0.3, 0.4) is 0 Å².